The van der Waals surface area contributed by atoms with E-state index in [2.05, 4.69) is 0 Å². The summed E-state index contributed by atoms with van der Waals surface area (Å²) in [5.74, 6) is -7.72. The number of hydrogen-bond donors (Lipinski definition) is 0. The van der Waals surface area contributed by atoms with Crippen LogP contribution in [0.1, 0.15) is 37.2 Å². The summed E-state index contributed by atoms with van der Waals surface area (Å²) in [5.41, 5.74) is -0.752. The van der Waals surface area contributed by atoms with Gasteiger partial charge in [-0.2, -0.15) is 0 Å². The molecule has 26 heavy (non-hydrogen) atoms. The lowest BCUT2D eigenvalue weighted by molar-refractivity contribution is -0.161. The Morgan fingerprint density at radius 2 is 1.81 bits per heavy atom. The number of amides is 1. The largest absolute Gasteiger partial charge is 0.363 e. The second-order valence-electron chi connectivity index (χ2n) is 7.72. The van der Waals surface area contributed by atoms with Crippen LogP contribution in [-0.2, 0) is 9.53 Å². The van der Waals surface area contributed by atoms with Crippen LogP contribution in [0, 0.1) is 5.92 Å². The molecule has 0 N–H and O–H groups in total. The number of nitrogens with zero attached hydrogens (tertiary/aromatic N) is 1. The van der Waals surface area contributed by atoms with Crippen LogP contribution in [0.3, 0.4) is 0 Å². The molecule has 1 unspecified atom stereocenters. The van der Waals surface area contributed by atoms with Crippen LogP contribution >= 0.6 is 0 Å². The highest BCUT2D eigenvalue weighted by Gasteiger charge is 2.67. The van der Waals surface area contributed by atoms with E-state index in [-0.39, 0.29) is 32.4 Å². The summed E-state index contributed by atoms with van der Waals surface area (Å²) < 4.78 is 61.6. The number of halogens is 4. The molecule has 1 amide bonds. The fourth-order valence-corrected chi connectivity index (χ4v) is 4.31. The Bertz CT molecular complexity index is 690. The van der Waals surface area contributed by atoms with Gasteiger partial charge in [-0.1, -0.05) is 30.3 Å². The van der Waals surface area contributed by atoms with Crippen molar-refractivity contribution in [3.63, 3.8) is 0 Å². The number of hydrogen-bond acceptors (Lipinski definition) is 2. The average Bonchev–Trinajstić information content (AvgIpc) is 3.38. The Morgan fingerprint density at radius 3 is 2.42 bits per heavy atom. The molecular weight excluding hydrogens is 350 g/mol. The number of rotatable bonds is 2. The lowest BCUT2D eigenvalue weighted by atomic mass is 9.73. The lowest BCUT2D eigenvalue weighted by Crippen LogP contribution is -2.57. The zero-order valence-electron chi connectivity index (χ0n) is 14.3. The van der Waals surface area contributed by atoms with Gasteiger partial charge in [-0.05, 0) is 12.0 Å². The second-order valence-corrected chi connectivity index (χ2v) is 7.72. The molecule has 1 aromatic rings. The molecule has 2 aliphatic heterocycles. The van der Waals surface area contributed by atoms with Gasteiger partial charge in [-0.3, -0.25) is 4.79 Å². The highest BCUT2D eigenvalue weighted by atomic mass is 19.3. The molecule has 0 aromatic heterocycles. The van der Waals surface area contributed by atoms with Gasteiger partial charge in [-0.25, -0.2) is 17.6 Å². The van der Waals surface area contributed by atoms with Gasteiger partial charge in [0.1, 0.15) is 0 Å². The van der Waals surface area contributed by atoms with Crippen LogP contribution < -0.4 is 0 Å². The molecule has 1 aliphatic carbocycles. The van der Waals surface area contributed by atoms with Crippen molar-refractivity contribution in [2.75, 3.05) is 19.7 Å². The number of likely N-dealkylation sites (tertiary alicyclic amines) is 1. The Balaban J connectivity index is 1.55. The maximum Gasteiger partial charge on any atom is 0.295 e. The van der Waals surface area contributed by atoms with E-state index < -0.39 is 48.2 Å². The topological polar surface area (TPSA) is 32.8 Å². The van der Waals surface area contributed by atoms with E-state index in [1.54, 1.807) is 30.3 Å². The third-order valence-electron chi connectivity index (χ3n) is 6.02. The van der Waals surface area contributed by atoms with Crippen molar-refractivity contribution in [3.8, 4) is 0 Å². The molecule has 0 radical (unpaired) electrons. The van der Waals surface area contributed by atoms with Crippen molar-refractivity contribution in [1.82, 2.24) is 4.90 Å². The lowest BCUT2D eigenvalue weighted by Gasteiger charge is -2.42. The van der Waals surface area contributed by atoms with E-state index in [1.807, 2.05) is 0 Å². The number of carbonyl (C=O) groups is 1. The molecule has 3 fully saturated rings. The molecule has 3 atom stereocenters. The fourth-order valence-electron chi connectivity index (χ4n) is 4.31. The molecule has 3 aliphatic rings. The molecule has 1 spiro atoms. The van der Waals surface area contributed by atoms with E-state index in [1.165, 1.54) is 0 Å². The third kappa shape index (κ3) is 3.00. The first-order chi connectivity index (χ1) is 12.2. The SMILES string of the molecule is O=C([C@@H]1CCC(F)(F)C[C@H]1c1ccccc1)N1CCC2(CO2)C(F)(F)C1. The summed E-state index contributed by atoms with van der Waals surface area (Å²) in [6.07, 6.45) is -0.714. The van der Waals surface area contributed by atoms with Crippen LogP contribution in [0.5, 0.6) is 0 Å². The molecule has 1 saturated carbocycles. The molecule has 142 valence electrons. The number of alkyl halides is 4. The predicted octanol–water partition coefficient (Wildman–Crippen LogP) is 3.84. The fraction of sp³-hybridized carbons (Fsp3) is 0.632. The Kier molecular flexibility index (Phi) is 4.06. The smallest absolute Gasteiger partial charge is 0.295 e. The molecule has 4 rings (SSSR count). The van der Waals surface area contributed by atoms with Gasteiger partial charge in [-0.15, -0.1) is 0 Å². The first-order valence-electron chi connectivity index (χ1n) is 8.96. The van der Waals surface area contributed by atoms with Crippen molar-refractivity contribution in [2.45, 2.75) is 49.0 Å². The summed E-state index contributed by atoms with van der Waals surface area (Å²) in [6, 6.07) is 8.72. The van der Waals surface area contributed by atoms with Crippen LogP contribution in [0.4, 0.5) is 17.6 Å². The van der Waals surface area contributed by atoms with Crippen LogP contribution in [-0.4, -0.2) is 47.9 Å². The summed E-state index contributed by atoms with van der Waals surface area (Å²) in [5, 5.41) is 0. The molecular formula is C19H21F4NO2. The van der Waals surface area contributed by atoms with Gasteiger partial charge in [0.05, 0.1) is 13.2 Å². The first kappa shape index (κ1) is 17.8. The maximum atomic E-state index is 14.3. The number of ether oxygens (including phenoxy) is 1. The Labute approximate surface area is 149 Å². The minimum absolute atomic E-state index is 0.00904. The van der Waals surface area contributed by atoms with Crippen molar-refractivity contribution in [1.29, 1.82) is 0 Å². The Morgan fingerprint density at radius 1 is 1.12 bits per heavy atom. The van der Waals surface area contributed by atoms with Gasteiger partial charge < -0.3 is 9.64 Å². The predicted molar refractivity (Wildman–Crippen MR) is 86.3 cm³/mol. The highest BCUT2D eigenvalue weighted by Crippen LogP contribution is 2.50. The van der Waals surface area contributed by atoms with Gasteiger partial charge in [0.2, 0.25) is 11.8 Å². The van der Waals surface area contributed by atoms with Crippen LogP contribution in [0.25, 0.3) is 0 Å². The van der Waals surface area contributed by atoms with E-state index in [9.17, 15) is 22.4 Å². The van der Waals surface area contributed by atoms with E-state index in [4.69, 9.17) is 4.74 Å². The number of carbonyl (C=O) groups excluding carboxylic acids is 1. The zero-order chi connectivity index (χ0) is 18.6. The van der Waals surface area contributed by atoms with Crippen LogP contribution in [0.15, 0.2) is 30.3 Å². The molecule has 2 heterocycles. The van der Waals surface area contributed by atoms with E-state index >= 15 is 0 Å². The summed E-state index contributed by atoms with van der Waals surface area (Å²) >= 11 is 0. The normalized spacial score (nSPS) is 35.3. The Hall–Kier alpha value is -1.63. The summed E-state index contributed by atoms with van der Waals surface area (Å²) in [4.78, 5) is 14.1. The second kappa shape index (κ2) is 5.94. The van der Waals surface area contributed by atoms with Gasteiger partial charge >= 0.3 is 0 Å². The maximum absolute atomic E-state index is 14.3. The highest BCUT2D eigenvalue weighted by molar-refractivity contribution is 5.80. The van der Waals surface area contributed by atoms with E-state index in [0.717, 1.165) is 4.90 Å². The third-order valence-corrected chi connectivity index (χ3v) is 6.02. The molecule has 7 heteroatoms. The van der Waals surface area contributed by atoms with Crippen molar-refractivity contribution < 1.29 is 27.1 Å². The zero-order valence-corrected chi connectivity index (χ0v) is 14.3. The average molecular weight is 371 g/mol. The number of benzene rings is 1. The molecule has 1 aromatic carbocycles. The number of piperidine rings is 1. The van der Waals surface area contributed by atoms with E-state index in [0.29, 0.717) is 5.56 Å². The standard InChI is InChI=1S/C19H21F4NO2/c20-18(21)7-6-14(15(10-18)13-4-2-1-3-5-13)16(25)24-9-8-17(12-26-17)19(22,23)11-24/h1-5,14-15H,6-12H2/t14-,15+,17?/m1/s1. The first-order valence-corrected chi connectivity index (χ1v) is 8.96. The summed E-state index contributed by atoms with van der Waals surface area (Å²) in [6.45, 7) is -0.493. The van der Waals surface area contributed by atoms with Crippen molar-refractivity contribution in [3.05, 3.63) is 35.9 Å². The number of epoxide rings is 1. The quantitative estimate of drug-likeness (QED) is 0.585. The minimum Gasteiger partial charge on any atom is -0.363 e. The van der Waals surface area contributed by atoms with Gasteiger partial charge in [0.15, 0.2) is 5.60 Å². The monoisotopic (exact) mass is 371 g/mol. The van der Waals surface area contributed by atoms with Crippen molar-refractivity contribution in [2.24, 2.45) is 5.92 Å². The van der Waals surface area contributed by atoms with Crippen LogP contribution in [0.2, 0.25) is 0 Å². The minimum atomic E-state index is -3.10. The van der Waals surface area contributed by atoms with Gasteiger partial charge in [0.25, 0.3) is 5.92 Å². The summed E-state index contributed by atoms with van der Waals surface area (Å²) in [7, 11) is 0. The molecule has 3 nitrogen and oxygen atoms in total. The van der Waals surface area contributed by atoms with Gasteiger partial charge in [0, 0.05) is 37.6 Å². The molecule has 0 bridgehead atoms. The molecule has 2 saturated heterocycles. The van der Waals surface area contributed by atoms with Crippen molar-refractivity contribution >= 4 is 5.91 Å².